The van der Waals surface area contributed by atoms with Gasteiger partial charge >= 0.3 is 6.01 Å². The van der Waals surface area contributed by atoms with E-state index < -0.39 is 15.9 Å². The lowest BCUT2D eigenvalue weighted by Crippen LogP contribution is -2.43. The second-order valence-corrected chi connectivity index (χ2v) is 9.51. The number of aromatic nitrogens is 2. The summed E-state index contributed by atoms with van der Waals surface area (Å²) in [6, 6.07) is 10.1. The fraction of sp³-hybridized carbons (Fsp3) is 0.471. The zero-order chi connectivity index (χ0) is 19.3. The summed E-state index contributed by atoms with van der Waals surface area (Å²) in [5, 5.41) is 10.4. The summed E-state index contributed by atoms with van der Waals surface area (Å²) < 4.78 is 30.2. The predicted molar refractivity (Wildman–Crippen MR) is 103 cm³/mol. The molecule has 3 rings (SSSR count). The Labute approximate surface area is 162 Å². The quantitative estimate of drug-likeness (QED) is 0.696. The number of carbonyl (C=O) groups is 1. The summed E-state index contributed by atoms with van der Waals surface area (Å²) >= 11 is 1.69. The van der Waals surface area contributed by atoms with Crippen molar-refractivity contribution < 1.29 is 17.6 Å². The average molecular weight is 411 g/mol. The molecule has 1 aromatic heterocycles. The van der Waals surface area contributed by atoms with Gasteiger partial charge in [0.25, 0.3) is 0 Å². The van der Waals surface area contributed by atoms with E-state index in [0.717, 1.165) is 12.0 Å². The van der Waals surface area contributed by atoms with Gasteiger partial charge < -0.3 is 4.42 Å². The maximum atomic E-state index is 12.4. The molecule has 8 nitrogen and oxygen atoms in total. The van der Waals surface area contributed by atoms with Crippen LogP contribution in [0.4, 0.5) is 6.01 Å². The van der Waals surface area contributed by atoms with Gasteiger partial charge in [0.1, 0.15) is 0 Å². The minimum Gasteiger partial charge on any atom is -0.408 e. The number of amides is 1. The van der Waals surface area contributed by atoms with Crippen LogP contribution in [0.3, 0.4) is 0 Å². The normalized spacial score (nSPS) is 18.3. The van der Waals surface area contributed by atoms with Crippen LogP contribution in [0.25, 0.3) is 0 Å². The summed E-state index contributed by atoms with van der Waals surface area (Å²) in [6.45, 7) is 0.631. The van der Waals surface area contributed by atoms with Gasteiger partial charge in [-0.1, -0.05) is 23.3 Å². The number of hydrogen-bond donors (Lipinski definition) is 1. The van der Waals surface area contributed by atoms with Gasteiger partial charge in [0, 0.05) is 30.2 Å². The molecule has 0 radical (unpaired) electrons. The van der Waals surface area contributed by atoms with E-state index in [0.29, 0.717) is 31.7 Å². The monoisotopic (exact) mass is 410 g/mol. The van der Waals surface area contributed by atoms with Gasteiger partial charge in [0.05, 0.1) is 12.2 Å². The number of carbonyl (C=O) groups excluding carboxylic acids is 1. The molecule has 1 amide bonds. The standard InChI is InChI=1S/C17H22N4O4S2/c1-27(23,24)21-10-5-6-13(12-21)16(22)18-17-20-19-15(25-17)9-11-26-14-7-3-2-4-8-14/h2-4,7-8,13H,5-6,9-12H2,1H3,(H,18,20,22)/t13-/m1/s1. The molecular weight excluding hydrogens is 388 g/mol. The van der Waals surface area contributed by atoms with E-state index in [9.17, 15) is 13.2 Å². The number of nitrogens with one attached hydrogen (secondary N) is 1. The van der Waals surface area contributed by atoms with Crippen molar-refractivity contribution in [1.82, 2.24) is 14.5 Å². The van der Waals surface area contributed by atoms with Crippen molar-refractivity contribution in [2.24, 2.45) is 5.92 Å². The molecule has 2 heterocycles. The van der Waals surface area contributed by atoms with Crippen LogP contribution in [-0.4, -0.2) is 53.9 Å². The maximum Gasteiger partial charge on any atom is 0.322 e. The van der Waals surface area contributed by atoms with Crippen molar-refractivity contribution >= 4 is 33.7 Å². The Morgan fingerprint density at radius 1 is 1.33 bits per heavy atom. The van der Waals surface area contributed by atoms with Crippen molar-refractivity contribution in [3.8, 4) is 0 Å². The second-order valence-electron chi connectivity index (χ2n) is 6.36. The van der Waals surface area contributed by atoms with Gasteiger partial charge in [-0.2, -0.15) is 0 Å². The minimum absolute atomic E-state index is 0.0520. The molecule has 0 bridgehead atoms. The van der Waals surface area contributed by atoms with Gasteiger partial charge in [-0.15, -0.1) is 16.9 Å². The van der Waals surface area contributed by atoms with Crippen molar-refractivity contribution in [3.63, 3.8) is 0 Å². The SMILES string of the molecule is CS(=O)(=O)N1CCC[C@@H](C(=O)Nc2nnc(CCSc3ccccc3)o2)C1. The first kappa shape index (κ1) is 19.8. The Balaban J connectivity index is 1.49. The highest BCUT2D eigenvalue weighted by Gasteiger charge is 2.30. The number of nitrogens with zero attached hydrogens (tertiary/aromatic N) is 3. The molecule has 10 heteroatoms. The Kier molecular flexibility index (Phi) is 6.51. The Hall–Kier alpha value is -1.91. The zero-order valence-electron chi connectivity index (χ0n) is 15.0. The van der Waals surface area contributed by atoms with Crippen LogP contribution in [0.1, 0.15) is 18.7 Å². The smallest absolute Gasteiger partial charge is 0.322 e. The van der Waals surface area contributed by atoms with E-state index in [4.69, 9.17) is 4.42 Å². The van der Waals surface area contributed by atoms with Crippen LogP contribution in [0.5, 0.6) is 0 Å². The van der Waals surface area contributed by atoms with E-state index in [1.807, 2.05) is 30.3 Å². The van der Waals surface area contributed by atoms with E-state index >= 15 is 0 Å². The van der Waals surface area contributed by atoms with Crippen LogP contribution in [0.2, 0.25) is 0 Å². The summed E-state index contributed by atoms with van der Waals surface area (Å²) in [5.41, 5.74) is 0. The number of piperidine rings is 1. The van der Waals surface area contributed by atoms with Gasteiger partial charge in [-0.25, -0.2) is 12.7 Å². The number of aryl methyl sites for hydroxylation is 1. The molecule has 1 aromatic carbocycles. The van der Waals surface area contributed by atoms with Crippen LogP contribution < -0.4 is 5.32 Å². The van der Waals surface area contributed by atoms with E-state index in [-0.39, 0.29) is 18.5 Å². The summed E-state index contributed by atoms with van der Waals surface area (Å²) in [7, 11) is -3.29. The molecule has 1 atom stereocenters. The second kappa shape index (κ2) is 8.85. The number of rotatable bonds is 7. The third-order valence-electron chi connectivity index (χ3n) is 4.25. The lowest BCUT2D eigenvalue weighted by molar-refractivity contribution is -0.121. The molecular formula is C17H22N4O4S2. The van der Waals surface area contributed by atoms with Crippen molar-refractivity contribution in [3.05, 3.63) is 36.2 Å². The molecule has 1 fully saturated rings. The van der Waals surface area contributed by atoms with Gasteiger partial charge in [0.15, 0.2) is 0 Å². The molecule has 1 saturated heterocycles. The number of benzene rings is 1. The zero-order valence-corrected chi connectivity index (χ0v) is 16.6. The number of thioether (sulfide) groups is 1. The Bertz CT molecular complexity index is 870. The molecule has 1 aliphatic heterocycles. The lowest BCUT2D eigenvalue weighted by Gasteiger charge is -2.29. The summed E-state index contributed by atoms with van der Waals surface area (Å²) in [6.07, 6.45) is 3.03. The molecule has 0 unspecified atom stereocenters. The number of anilines is 1. The number of sulfonamides is 1. The average Bonchev–Trinajstić information content (AvgIpc) is 3.09. The van der Waals surface area contributed by atoms with Crippen molar-refractivity contribution in [1.29, 1.82) is 0 Å². The number of hydrogen-bond acceptors (Lipinski definition) is 7. The molecule has 1 aliphatic rings. The highest BCUT2D eigenvalue weighted by molar-refractivity contribution is 7.99. The third-order valence-corrected chi connectivity index (χ3v) is 6.53. The first-order valence-electron chi connectivity index (χ1n) is 8.68. The first-order valence-corrected chi connectivity index (χ1v) is 11.5. The fourth-order valence-corrected chi connectivity index (χ4v) is 4.62. The van der Waals surface area contributed by atoms with Crippen LogP contribution in [0, 0.1) is 5.92 Å². The Morgan fingerprint density at radius 2 is 2.11 bits per heavy atom. The topological polar surface area (TPSA) is 105 Å². The molecule has 2 aromatic rings. The molecule has 146 valence electrons. The van der Waals surface area contributed by atoms with Gasteiger partial charge in [-0.3, -0.25) is 10.1 Å². The maximum absolute atomic E-state index is 12.4. The highest BCUT2D eigenvalue weighted by Crippen LogP contribution is 2.21. The lowest BCUT2D eigenvalue weighted by atomic mass is 9.99. The summed E-state index contributed by atoms with van der Waals surface area (Å²) in [4.78, 5) is 13.5. The van der Waals surface area contributed by atoms with Crippen LogP contribution >= 0.6 is 11.8 Å². The van der Waals surface area contributed by atoms with E-state index in [2.05, 4.69) is 15.5 Å². The molecule has 0 spiro atoms. The van der Waals surface area contributed by atoms with E-state index in [1.54, 1.807) is 11.8 Å². The van der Waals surface area contributed by atoms with Crippen LogP contribution in [-0.2, 0) is 21.2 Å². The van der Waals surface area contributed by atoms with Crippen LogP contribution in [0.15, 0.2) is 39.6 Å². The van der Waals surface area contributed by atoms with Gasteiger partial charge in [0.2, 0.25) is 21.8 Å². The van der Waals surface area contributed by atoms with Gasteiger partial charge in [-0.05, 0) is 25.0 Å². The minimum atomic E-state index is -3.29. The first-order chi connectivity index (χ1) is 12.9. The molecule has 1 N–H and O–H groups in total. The highest BCUT2D eigenvalue weighted by atomic mass is 32.2. The summed E-state index contributed by atoms with van der Waals surface area (Å²) in [5.74, 6) is 0.524. The largest absolute Gasteiger partial charge is 0.408 e. The van der Waals surface area contributed by atoms with Crippen molar-refractivity contribution in [2.75, 3.05) is 30.4 Å². The van der Waals surface area contributed by atoms with Crippen molar-refractivity contribution in [2.45, 2.75) is 24.2 Å². The fourth-order valence-electron chi connectivity index (χ4n) is 2.84. The van der Waals surface area contributed by atoms with E-state index in [1.165, 1.54) is 9.20 Å². The Morgan fingerprint density at radius 3 is 2.85 bits per heavy atom. The molecule has 27 heavy (non-hydrogen) atoms. The third kappa shape index (κ3) is 5.78. The predicted octanol–water partition coefficient (Wildman–Crippen LogP) is 2.01. The molecule has 0 saturated carbocycles. The molecule has 0 aliphatic carbocycles.